The lowest BCUT2D eigenvalue weighted by Crippen LogP contribution is -2.35. The highest BCUT2D eigenvalue weighted by Gasteiger charge is 2.25. The van der Waals surface area contributed by atoms with Crippen molar-refractivity contribution in [1.29, 1.82) is 0 Å². The van der Waals surface area contributed by atoms with Crippen molar-refractivity contribution in [2.45, 2.75) is 25.7 Å². The summed E-state index contributed by atoms with van der Waals surface area (Å²) in [6.45, 7) is 0.470. The maximum absolute atomic E-state index is 12.9. The highest BCUT2D eigenvalue weighted by molar-refractivity contribution is 6.01. The Morgan fingerprint density at radius 3 is 2.54 bits per heavy atom. The summed E-state index contributed by atoms with van der Waals surface area (Å²) in [4.78, 5) is 36.7. The summed E-state index contributed by atoms with van der Waals surface area (Å²) in [5.41, 5.74) is 1.73. The number of amides is 1. The lowest BCUT2D eigenvalue weighted by atomic mass is 10.00. The predicted octanol–water partition coefficient (Wildman–Crippen LogP) is 3.68. The van der Waals surface area contributed by atoms with Gasteiger partial charge in [0.15, 0.2) is 5.78 Å². The molecule has 1 amide bonds. The van der Waals surface area contributed by atoms with Gasteiger partial charge >= 0.3 is 0 Å². The van der Waals surface area contributed by atoms with E-state index in [2.05, 4.69) is 0 Å². The molecule has 3 rings (SSSR count). The Balaban J connectivity index is 1.71. The molecule has 1 heterocycles. The number of carbonyl (C=O) groups excluding carboxylic acids is 2. The molecule has 0 N–H and O–H groups in total. The van der Waals surface area contributed by atoms with Crippen molar-refractivity contribution in [2.75, 3.05) is 11.4 Å². The van der Waals surface area contributed by atoms with E-state index < -0.39 is 10.7 Å². The van der Waals surface area contributed by atoms with Crippen LogP contribution in [0.3, 0.4) is 0 Å². The van der Waals surface area contributed by atoms with Crippen molar-refractivity contribution in [3.05, 3.63) is 69.5 Å². The van der Waals surface area contributed by atoms with Gasteiger partial charge in [-0.05, 0) is 42.7 Å². The van der Waals surface area contributed by atoms with Crippen molar-refractivity contribution in [1.82, 2.24) is 0 Å². The second kappa shape index (κ2) is 7.43. The van der Waals surface area contributed by atoms with Crippen molar-refractivity contribution in [3.8, 4) is 0 Å². The van der Waals surface area contributed by atoms with Gasteiger partial charge in [-0.25, -0.2) is 4.39 Å². The van der Waals surface area contributed by atoms with Gasteiger partial charge in [-0.2, -0.15) is 0 Å². The summed E-state index contributed by atoms with van der Waals surface area (Å²) in [5.74, 6) is -0.916. The fraction of sp³-hybridized carbons (Fsp3) is 0.263. The van der Waals surface area contributed by atoms with Gasteiger partial charge in [-0.1, -0.05) is 6.07 Å². The van der Waals surface area contributed by atoms with Crippen LogP contribution in [0, 0.1) is 15.9 Å². The third-order valence-electron chi connectivity index (χ3n) is 4.43. The number of fused-ring (bicyclic) bond motifs is 1. The van der Waals surface area contributed by atoms with E-state index in [4.69, 9.17) is 0 Å². The molecule has 0 aromatic heterocycles. The van der Waals surface area contributed by atoms with Crippen LogP contribution in [0.2, 0.25) is 0 Å². The number of nitro groups is 1. The van der Waals surface area contributed by atoms with Crippen LogP contribution in [0.4, 0.5) is 15.8 Å². The molecule has 0 aliphatic carbocycles. The SMILES string of the molecule is O=C(CCC(=O)N1CCCc2ccc([N+](=O)[O-])cc21)c1ccc(F)cc1. The first-order valence-corrected chi connectivity index (χ1v) is 8.32. The minimum absolute atomic E-state index is 0.00165. The molecular formula is C19H17FN2O4. The number of hydrogen-bond donors (Lipinski definition) is 0. The van der Waals surface area contributed by atoms with Gasteiger partial charge in [0, 0.05) is 37.1 Å². The Hall–Kier alpha value is -3.09. The molecule has 134 valence electrons. The third kappa shape index (κ3) is 3.77. The van der Waals surface area contributed by atoms with E-state index in [9.17, 15) is 24.1 Å². The Kier molecular flexibility index (Phi) is 5.06. The summed E-state index contributed by atoms with van der Waals surface area (Å²) >= 11 is 0. The number of Topliss-reactive ketones (excluding diaryl/α,β-unsaturated/α-hetero) is 1. The molecule has 0 fully saturated rings. The Morgan fingerprint density at radius 2 is 1.85 bits per heavy atom. The number of rotatable bonds is 5. The molecule has 6 nitrogen and oxygen atoms in total. The third-order valence-corrected chi connectivity index (χ3v) is 4.43. The molecule has 7 heteroatoms. The van der Waals surface area contributed by atoms with Crippen molar-refractivity contribution >= 4 is 23.1 Å². The highest BCUT2D eigenvalue weighted by Crippen LogP contribution is 2.31. The molecular weight excluding hydrogens is 339 g/mol. The van der Waals surface area contributed by atoms with Gasteiger partial charge in [0.05, 0.1) is 10.6 Å². The molecule has 0 atom stereocenters. The molecule has 0 saturated heterocycles. The molecule has 0 unspecified atom stereocenters. The molecule has 0 radical (unpaired) electrons. The van der Waals surface area contributed by atoms with E-state index >= 15 is 0 Å². The fourth-order valence-electron chi connectivity index (χ4n) is 3.07. The van der Waals surface area contributed by atoms with Crippen LogP contribution < -0.4 is 4.90 Å². The lowest BCUT2D eigenvalue weighted by molar-refractivity contribution is -0.384. The lowest BCUT2D eigenvalue weighted by Gasteiger charge is -2.29. The average molecular weight is 356 g/mol. The smallest absolute Gasteiger partial charge is 0.271 e. The number of nitrogens with zero attached hydrogens (tertiary/aromatic N) is 2. The highest BCUT2D eigenvalue weighted by atomic mass is 19.1. The molecule has 2 aromatic rings. The molecule has 0 saturated carbocycles. The van der Waals surface area contributed by atoms with Crippen molar-refractivity contribution < 1.29 is 18.9 Å². The van der Waals surface area contributed by atoms with Gasteiger partial charge in [0.25, 0.3) is 5.69 Å². The zero-order chi connectivity index (χ0) is 18.7. The second-order valence-corrected chi connectivity index (χ2v) is 6.15. The Morgan fingerprint density at radius 1 is 1.12 bits per heavy atom. The quantitative estimate of drug-likeness (QED) is 0.465. The molecule has 0 spiro atoms. The number of ketones is 1. The zero-order valence-corrected chi connectivity index (χ0v) is 14.0. The van der Waals surface area contributed by atoms with Crippen LogP contribution in [0.1, 0.15) is 35.2 Å². The number of carbonyl (C=O) groups is 2. The van der Waals surface area contributed by atoms with Gasteiger partial charge in [-0.15, -0.1) is 0 Å². The van der Waals surface area contributed by atoms with Crippen LogP contribution in [0.25, 0.3) is 0 Å². The number of non-ortho nitro benzene ring substituents is 1. The largest absolute Gasteiger partial charge is 0.312 e. The van der Waals surface area contributed by atoms with Crippen LogP contribution in [0.15, 0.2) is 42.5 Å². The molecule has 0 bridgehead atoms. The molecule has 1 aliphatic heterocycles. The number of halogens is 1. The minimum atomic E-state index is -0.490. The van der Waals surface area contributed by atoms with E-state index in [0.717, 1.165) is 18.4 Å². The fourth-order valence-corrected chi connectivity index (χ4v) is 3.07. The van der Waals surface area contributed by atoms with E-state index in [1.807, 2.05) is 0 Å². The Labute approximate surface area is 149 Å². The van der Waals surface area contributed by atoms with E-state index in [1.165, 1.54) is 41.3 Å². The van der Waals surface area contributed by atoms with Crippen LogP contribution in [-0.2, 0) is 11.2 Å². The topological polar surface area (TPSA) is 80.5 Å². The maximum atomic E-state index is 12.9. The first-order chi connectivity index (χ1) is 12.5. The first-order valence-electron chi connectivity index (χ1n) is 8.32. The Bertz CT molecular complexity index is 864. The van der Waals surface area contributed by atoms with E-state index in [1.54, 1.807) is 6.07 Å². The number of hydrogen-bond acceptors (Lipinski definition) is 4. The number of benzene rings is 2. The van der Waals surface area contributed by atoms with Crippen molar-refractivity contribution in [3.63, 3.8) is 0 Å². The van der Waals surface area contributed by atoms with Crippen LogP contribution in [0.5, 0.6) is 0 Å². The molecule has 2 aromatic carbocycles. The van der Waals surface area contributed by atoms with Gasteiger partial charge in [0.2, 0.25) is 5.91 Å². The number of aryl methyl sites for hydroxylation is 1. The zero-order valence-electron chi connectivity index (χ0n) is 14.0. The summed E-state index contributed by atoms with van der Waals surface area (Å²) < 4.78 is 12.9. The van der Waals surface area contributed by atoms with E-state index in [-0.39, 0.29) is 30.2 Å². The monoisotopic (exact) mass is 356 g/mol. The minimum Gasteiger partial charge on any atom is -0.312 e. The standard InChI is InChI=1S/C19H17FN2O4/c20-15-6-3-14(4-7-15)18(23)9-10-19(24)21-11-1-2-13-5-8-16(22(25)26)12-17(13)21/h3-8,12H,1-2,9-11H2. The second-order valence-electron chi connectivity index (χ2n) is 6.15. The normalized spacial score (nSPS) is 13.2. The number of nitro benzene ring substituents is 1. The molecule has 26 heavy (non-hydrogen) atoms. The summed E-state index contributed by atoms with van der Waals surface area (Å²) in [5, 5.41) is 11.0. The van der Waals surface area contributed by atoms with Crippen LogP contribution in [-0.4, -0.2) is 23.2 Å². The number of anilines is 1. The first kappa shape index (κ1) is 17.7. The summed E-state index contributed by atoms with van der Waals surface area (Å²) in [6.07, 6.45) is 1.53. The predicted molar refractivity (Wildman–Crippen MR) is 93.7 cm³/mol. The van der Waals surface area contributed by atoms with Gasteiger partial charge in [-0.3, -0.25) is 19.7 Å². The maximum Gasteiger partial charge on any atom is 0.271 e. The van der Waals surface area contributed by atoms with Gasteiger partial charge < -0.3 is 4.90 Å². The van der Waals surface area contributed by atoms with Gasteiger partial charge in [0.1, 0.15) is 5.82 Å². The molecule has 1 aliphatic rings. The summed E-state index contributed by atoms with van der Waals surface area (Å²) in [6, 6.07) is 9.71. The van der Waals surface area contributed by atoms with E-state index in [0.29, 0.717) is 17.8 Å². The van der Waals surface area contributed by atoms with Crippen LogP contribution >= 0.6 is 0 Å². The van der Waals surface area contributed by atoms with Crippen molar-refractivity contribution in [2.24, 2.45) is 0 Å². The summed E-state index contributed by atoms with van der Waals surface area (Å²) in [7, 11) is 0. The average Bonchev–Trinajstić information content (AvgIpc) is 2.65.